The average Bonchev–Trinajstić information content (AvgIpc) is 2.87. The first-order valence-corrected chi connectivity index (χ1v) is 6.66. The van der Waals surface area contributed by atoms with Crippen LogP contribution in [0.15, 0.2) is 36.7 Å². The lowest BCUT2D eigenvalue weighted by atomic mass is 10.2. The molecule has 0 radical (unpaired) electrons. The summed E-state index contributed by atoms with van der Waals surface area (Å²) >= 11 is 5.77. The van der Waals surface area contributed by atoms with E-state index in [0.717, 1.165) is 11.3 Å². The zero-order chi connectivity index (χ0) is 14.2. The van der Waals surface area contributed by atoms with Gasteiger partial charge in [0.2, 0.25) is 0 Å². The van der Waals surface area contributed by atoms with Gasteiger partial charge in [-0.2, -0.15) is 5.10 Å². The molecule has 0 aliphatic carbocycles. The van der Waals surface area contributed by atoms with Gasteiger partial charge in [0.05, 0.1) is 24.4 Å². The zero-order valence-corrected chi connectivity index (χ0v) is 11.7. The first-order valence-electron chi connectivity index (χ1n) is 6.28. The number of halogens is 1. The Labute approximate surface area is 122 Å². The fourth-order valence-corrected chi connectivity index (χ4v) is 1.73. The normalized spacial score (nSPS) is 9.90. The highest BCUT2D eigenvalue weighted by molar-refractivity contribution is 6.30. The van der Waals surface area contributed by atoms with Crippen molar-refractivity contribution >= 4 is 11.6 Å². The molecule has 1 heterocycles. The van der Waals surface area contributed by atoms with Crippen molar-refractivity contribution in [3.05, 3.63) is 47.2 Å². The molecule has 1 aromatic heterocycles. The summed E-state index contributed by atoms with van der Waals surface area (Å²) in [6.45, 7) is 1.25. The molecule has 2 rings (SSSR count). The second-order valence-electron chi connectivity index (χ2n) is 4.07. The summed E-state index contributed by atoms with van der Waals surface area (Å²) in [7, 11) is 0. The summed E-state index contributed by atoms with van der Waals surface area (Å²) in [5.74, 6) is 6.62. The first-order chi connectivity index (χ1) is 9.78. The van der Waals surface area contributed by atoms with Crippen molar-refractivity contribution in [2.45, 2.75) is 13.0 Å². The summed E-state index contributed by atoms with van der Waals surface area (Å²) in [4.78, 5) is 0. The van der Waals surface area contributed by atoms with Gasteiger partial charge in [-0.1, -0.05) is 23.4 Å². The molecule has 5 heteroatoms. The molecule has 0 saturated carbocycles. The number of benzene rings is 1. The predicted octanol–water partition coefficient (Wildman–Crippen LogP) is 2.35. The second kappa shape index (κ2) is 7.59. The van der Waals surface area contributed by atoms with Crippen LogP contribution in [0.3, 0.4) is 0 Å². The number of aliphatic hydroxyl groups is 1. The minimum absolute atomic E-state index is 0.0889. The van der Waals surface area contributed by atoms with E-state index in [1.807, 2.05) is 24.3 Å². The van der Waals surface area contributed by atoms with E-state index in [1.165, 1.54) is 0 Å². The molecule has 0 saturated heterocycles. The summed E-state index contributed by atoms with van der Waals surface area (Å²) in [5, 5.41) is 13.3. The Morgan fingerprint density at radius 1 is 1.30 bits per heavy atom. The minimum Gasteiger partial charge on any atom is -0.492 e. The molecule has 4 nitrogen and oxygen atoms in total. The molecule has 20 heavy (non-hydrogen) atoms. The van der Waals surface area contributed by atoms with Crippen LogP contribution in [-0.2, 0) is 6.54 Å². The van der Waals surface area contributed by atoms with Crippen molar-refractivity contribution in [2.24, 2.45) is 0 Å². The highest BCUT2D eigenvalue weighted by Gasteiger charge is 1.97. The van der Waals surface area contributed by atoms with Crippen LogP contribution in [0.5, 0.6) is 5.75 Å². The number of aromatic nitrogens is 2. The lowest BCUT2D eigenvalue weighted by molar-refractivity contribution is 0.291. The molecule has 2 aromatic rings. The van der Waals surface area contributed by atoms with Crippen LogP contribution < -0.4 is 4.74 Å². The van der Waals surface area contributed by atoms with Crippen LogP contribution in [-0.4, -0.2) is 28.1 Å². The van der Waals surface area contributed by atoms with Crippen molar-refractivity contribution in [3.8, 4) is 17.6 Å². The van der Waals surface area contributed by atoms with Crippen LogP contribution in [0.25, 0.3) is 0 Å². The van der Waals surface area contributed by atoms with E-state index < -0.39 is 0 Å². The quantitative estimate of drug-likeness (QED) is 0.860. The smallest absolute Gasteiger partial charge is 0.119 e. The fourth-order valence-electron chi connectivity index (χ4n) is 1.57. The average molecular weight is 291 g/mol. The van der Waals surface area contributed by atoms with Crippen molar-refractivity contribution in [2.75, 3.05) is 13.2 Å². The summed E-state index contributed by atoms with van der Waals surface area (Å²) in [5.41, 5.74) is 0.907. The van der Waals surface area contributed by atoms with Gasteiger partial charge in [0.1, 0.15) is 12.4 Å². The Kier molecular flexibility index (Phi) is 5.48. The Hall–Kier alpha value is -1.96. The molecule has 0 unspecified atom stereocenters. The number of hydrogen-bond acceptors (Lipinski definition) is 3. The molecule has 0 fully saturated rings. The Balaban J connectivity index is 1.80. The molecular formula is C15H15ClN2O2. The lowest BCUT2D eigenvalue weighted by Gasteiger charge is -2.06. The Morgan fingerprint density at radius 2 is 2.10 bits per heavy atom. The summed E-state index contributed by atoms with van der Waals surface area (Å²) in [6.07, 6.45) is 3.84. The molecule has 1 N–H and O–H groups in total. The highest BCUT2D eigenvalue weighted by atomic mass is 35.5. The zero-order valence-electron chi connectivity index (χ0n) is 10.9. The van der Waals surface area contributed by atoms with Gasteiger partial charge in [-0.15, -0.1) is 0 Å². The summed E-state index contributed by atoms with van der Waals surface area (Å²) < 4.78 is 7.34. The highest BCUT2D eigenvalue weighted by Crippen LogP contribution is 2.12. The van der Waals surface area contributed by atoms with Gasteiger partial charge in [-0.05, 0) is 24.3 Å². The molecule has 1 aromatic carbocycles. The predicted molar refractivity (Wildman–Crippen MR) is 77.8 cm³/mol. The van der Waals surface area contributed by atoms with E-state index in [2.05, 4.69) is 16.9 Å². The van der Waals surface area contributed by atoms with Crippen molar-refractivity contribution in [1.29, 1.82) is 0 Å². The molecule has 0 amide bonds. The molecule has 0 bridgehead atoms. The van der Waals surface area contributed by atoms with Crippen LogP contribution >= 0.6 is 11.6 Å². The van der Waals surface area contributed by atoms with Gasteiger partial charge in [0.15, 0.2) is 0 Å². The van der Waals surface area contributed by atoms with Crippen LogP contribution in [0.4, 0.5) is 0 Å². The standard InChI is InChI=1S/C15H15ClN2O2/c16-14-11-17-18(12-14)8-10-20-15-6-4-13(5-7-15)3-1-2-9-19/h4-7,11-12,19H,2,8-10H2. The number of ether oxygens (including phenoxy) is 1. The van der Waals surface area contributed by atoms with Gasteiger partial charge in [-0.25, -0.2) is 0 Å². The third kappa shape index (κ3) is 4.61. The molecule has 0 aliphatic rings. The van der Waals surface area contributed by atoms with E-state index >= 15 is 0 Å². The molecular weight excluding hydrogens is 276 g/mol. The molecule has 0 spiro atoms. The third-order valence-corrected chi connectivity index (χ3v) is 2.71. The topological polar surface area (TPSA) is 47.3 Å². The Morgan fingerprint density at radius 3 is 2.75 bits per heavy atom. The van der Waals surface area contributed by atoms with Crippen LogP contribution in [0, 0.1) is 11.8 Å². The molecule has 0 atom stereocenters. The maximum atomic E-state index is 8.64. The number of aliphatic hydroxyl groups excluding tert-OH is 1. The van der Waals surface area contributed by atoms with E-state index in [-0.39, 0.29) is 6.61 Å². The van der Waals surface area contributed by atoms with Crippen molar-refractivity contribution < 1.29 is 9.84 Å². The van der Waals surface area contributed by atoms with Gasteiger partial charge in [0, 0.05) is 18.2 Å². The second-order valence-corrected chi connectivity index (χ2v) is 4.51. The monoisotopic (exact) mass is 290 g/mol. The van der Waals surface area contributed by atoms with Crippen LogP contribution in [0.2, 0.25) is 5.02 Å². The van der Waals surface area contributed by atoms with Gasteiger partial charge in [0.25, 0.3) is 0 Å². The van der Waals surface area contributed by atoms with Crippen molar-refractivity contribution in [3.63, 3.8) is 0 Å². The van der Waals surface area contributed by atoms with E-state index in [9.17, 15) is 0 Å². The maximum absolute atomic E-state index is 8.64. The largest absolute Gasteiger partial charge is 0.492 e. The SMILES string of the molecule is OCCC#Cc1ccc(OCCn2cc(Cl)cn2)cc1. The third-order valence-electron chi connectivity index (χ3n) is 2.51. The number of hydrogen-bond donors (Lipinski definition) is 1. The van der Waals surface area contributed by atoms with E-state index in [1.54, 1.807) is 17.1 Å². The summed E-state index contributed by atoms with van der Waals surface area (Å²) in [6, 6.07) is 7.53. The van der Waals surface area contributed by atoms with Gasteiger partial charge >= 0.3 is 0 Å². The Bertz CT molecular complexity index is 596. The lowest BCUT2D eigenvalue weighted by Crippen LogP contribution is -2.08. The first kappa shape index (κ1) is 14.4. The fraction of sp³-hybridized carbons (Fsp3) is 0.267. The van der Waals surface area contributed by atoms with Crippen LogP contribution in [0.1, 0.15) is 12.0 Å². The van der Waals surface area contributed by atoms with Gasteiger partial charge in [-0.3, -0.25) is 4.68 Å². The molecule has 104 valence electrons. The van der Waals surface area contributed by atoms with E-state index in [4.69, 9.17) is 21.4 Å². The number of nitrogens with zero attached hydrogens (tertiary/aromatic N) is 2. The van der Waals surface area contributed by atoms with Gasteiger partial charge < -0.3 is 9.84 Å². The van der Waals surface area contributed by atoms with Crippen molar-refractivity contribution in [1.82, 2.24) is 9.78 Å². The van der Waals surface area contributed by atoms with E-state index in [0.29, 0.717) is 24.6 Å². The minimum atomic E-state index is 0.0889. The number of rotatable bonds is 5. The molecule has 0 aliphatic heterocycles. The maximum Gasteiger partial charge on any atom is 0.119 e.